The Labute approximate surface area is 254 Å². The molecule has 0 fully saturated rings. The van der Waals surface area contributed by atoms with E-state index in [0.29, 0.717) is 5.82 Å². The third-order valence-corrected chi connectivity index (χ3v) is 8.48. The first-order valence-electron chi connectivity index (χ1n) is 13.6. The van der Waals surface area contributed by atoms with Gasteiger partial charge in [-0.15, -0.1) is 15.2 Å². The number of hydrogen-bond donors (Lipinski definition) is 4. The number of benzene rings is 1. The van der Waals surface area contributed by atoms with Gasteiger partial charge in [-0.25, -0.2) is 23.8 Å². The van der Waals surface area contributed by atoms with E-state index in [0.717, 1.165) is 0 Å². The zero-order valence-corrected chi connectivity index (χ0v) is 25.8. The smallest absolute Gasteiger partial charge is 0.321 e. The van der Waals surface area contributed by atoms with Crippen molar-refractivity contribution in [3.8, 4) is 17.8 Å². The second-order valence-corrected chi connectivity index (χ2v) is 14.0. The standard InChI is InChI=1S/C28H33N11O4S/c1-27(2,3)20-18(22(29)39(36-20)24-31-25(40)33-26(41)32-24)34-35-23-19(44(42,43)16-12-8-7-9-13-16)21(28(4,5)6)37-38(23)17-14-10-11-15-30-17/h7-15,20,36H,29H2,1-6H3,(H2,31,32,33,40,41)/b35-34-. The van der Waals surface area contributed by atoms with E-state index < -0.39 is 38.7 Å². The molecule has 0 radical (unpaired) electrons. The van der Waals surface area contributed by atoms with Crippen LogP contribution in [0.15, 0.2) is 86.3 Å². The molecular weight excluding hydrogens is 586 g/mol. The quantitative estimate of drug-likeness (QED) is 0.228. The molecule has 4 aromatic rings. The maximum atomic E-state index is 14.2. The highest BCUT2D eigenvalue weighted by atomic mass is 32.2. The summed E-state index contributed by atoms with van der Waals surface area (Å²) in [6, 6.07) is 11.2. The first-order chi connectivity index (χ1) is 20.6. The van der Waals surface area contributed by atoms with Crippen molar-refractivity contribution in [2.24, 2.45) is 21.4 Å². The van der Waals surface area contributed by atoms with Gasteiger partial charge in [0.05, 0.1) is 16.6 Å². The number of nitrogens with zero attached hydrogens (tertiary/aromatic N) is 9. The van der Waals surface area contributed by atoms with Gasteiger partial charge >= 0.3 is 12.0 Å². The number of pyridine rings is 1. The van der Waals surface area contributed by atoms with E-state index >= 15 is 0 Å². The van der Waals surface area contributed by atoms with Crippen molar-refractivity contribution >= 4 is 21.6 Å². The van der Waals surface area contributed by atoms with E-state index in [9.17, 15) is 18.6 Å². The lowest BCUT2D eigenvalue weighted by Gasteiger charge is -2.28. The van der Waals surface area contributed by atoms with Crippen LogP contribution in [0.5, 0.6) is 12.0 Å². The number of sulfone groups is 1. The van der Waals surface area contributed by atoms with Crippen molar-refractivity contribution in [3.05, 3.63) is 71.9 Å². The first-order valence-corrected chi connectivity index (χ1v) is 15.0. The van der Waals surface area contributed by atoms with Crippen LogP contribution in [0.25, 0.3) is 5.82 Å². The average molecular weight is 620 g/mol. The van der Waals surface area contributed by atoms with Crippen LogP contribution in [0.3, 0.4) is 0 Å². The number of nitrogens with one attached hydrogen (secondary N) is 1. The van der Waals surface area contributed by atoms with Gasteiger partial charge in [-0.1, -0.05) is 65.8 Å². The number of aromatic hydroxyl groups is 2. The summed E-state index contributed by atoms with van der Waals surface area (Å²) in [5, 5.41) is 34.7. The Hall–Kier alpha value is -4.96. The van der Waals surface area contributed by atoms with Crippen molar-refractivity contribution in [1.29, 1.82) is 0 Å². The number of rotatable bonds is 6. The van der Waals surface area contributed by atoms with Gasteiger partial charge in [-0.05, 0) is 29.7 Å². The number of hydrogen-bond acceptors (Lipinski definition) is 14. The van der Waals surface area contributed by atoms with Crippen LogP contribution < -0.4 is 16.2 Å². The van der Waals surface area contributed by atoms with Crippen LogP contribution in [-0.4, -0.2) is 54.4 Å². The summed E-state index contributed by atoms with van der Waals surface area (Å²) in [4.78, 5) is 15.4. The van der Waals surface area contributed by atoms with Crippen LogP contribution in [-0.2, 0) is 15.3 Å². The molecule has 230 valence electrons. The molecule has 1 unspecified atom stereocenters. The molecule has 4 heterocycles. The SMILES string of the molecule is CC(C)(C)c1nn(-c2ccccn2)c(/N=N\C2=C(N)N(c3nc(O)nc(O)n3)NC2C(C)(C)C)c1S(=O)(=O)c1ccccc1. The molecule has 15 nitrogen and oxygen atoms in total. The zero-order valence-electron chi connectivity index (χ0n) is 25.0. The van der Waals surface area contributed by atoms with Gasteiger partial charge in [0.2, 0.25) is 9.84 Å². The molecule has 1 aromatic carbocycles. The Morgan fingerprint density at radius 1 is 0.909 bits per heavy atom. The Balaban J connectivity index is 1.77. The van der Waals surface area contributed by atoms with Crippen molar-refractivity contribution < 1.29 is 18.6 Å². The molecule has 0 saturated heterocycles. The Bertz CT molecular complexity index is 1840. The third kappa shape index (κ3) is 5.68. The molecule has 1 aliphatic rings. The predicted octanol–water partition coefficient (Wildman–Crippen LogP) is 3.64. The van der Waals surface area contributed by atoms with E-state index in [-0.39, 0.29) is 38.8 Å². The Morgan fingerprint density at radius 2 is 1.55 bits per heavy atom. The predicted molar refractivity (Wildman–Crippen MR) is 160 cm³/mol. The highest BCUT2D eigenvalue weighted by Crippen LogP contribution is 2.41. The fourth-order valence-electron chi connectivity index (χ4n) is 4.52. The van der Waals surface area contributed by atoms with Gasteiger partial charge in [0.1, 0.15) is 16.4 Å². The van der Waals surface area contributed by atoms with Gasteiger partial charge in [-0.3, -0.25) is 0 Å². The molecule has 5 rings (SSSR count). The molecule has 1 aliphatic heterocycles. The molecule has 16 heteroatoms. The summed E-state index contributed by atoms with van der Waals surface area (Å²) in [5.74, 6) is 0.0800. The van der Waals surface area contributed by atoms with Crippen molar-refractivity contribution in [2.75, 3.05) is 5.01 Å². The first kappa shape index (κ1) is 30.5. The minimum Gasteiger partial charge on any atom is -0.479 e. The molecule has 1 atom stereocenters. The molecule has 0 saturated carbocycles. The monoisotopic (exact) mass is 619 g/mol. The summed E-state index contributed by atoms with van der Waals surface area (Å²) in [7, 11) is -4.16. The summed E-state index contributed by atoms with van der Waals surface area (Å²) in [5.41, 5.74) is 8.93. The molecule has 0 amide bonds. The fraction of sp³-hybridized carbons (Fsp3) is 0.321. The largest absolute Gasteiger partial charge is 0.479 e. The lowest BCUT2D eigenvalue weighted by molar-refractivity contribution is 0.311. The van der Waals surface area contributed by atoms with Gasteiger partial charge in [0.25, 0.3) is 5.95 Å². The van der Waals surface area contributed by atoms with Crippen molar-refractivity contribution in [2.45, 2.75) is 62.8 Å². The normalized spacial score (nSPS) is 16.3. The number of anilines is 1. The average Bonchev–Trinajstić information content (AvgIpc) is 3.51. The minimum atomic E-state index is -4.16. The number of aromatic nitrogens is 6. The molecule has 3 aromatic heterocycles. The second-order valence-electron chi connectivity index (χ2n) is 12.1. The molecule has 5 N–H and O–H groups in total. The van der Waals surface area contributed by atoms with E-state index in [1.165, 1.54) is 21.8 Å². The molecular formula is C28H33N11O4S. The fourth-order valence-corrected chi connectivity index (χ4v) is 6.24. The minimum absolute atomic E-state index is 0.00564. The highest BCUT2D eigenvalue weighted by molar-refractivity contribution is 7.91. The number of hydrazine groups is 1. The molecule has 0 aliphatic carbocycles. The van der Waals surface area contributed by atoms with Gasteiger partial charge in [0, 0.05) is 11.6 Å². The van der Waals surface area contributed by atoms with E-state index in [2.05, 4.69) is 35.6 Å². The zero-order chi connectivity index (χ0) is 32.0. The van der Waals surface area contributed by atoms with Crippen LogP contribution in [0, 0.1) is 5.41 Å². The topological polar surface area (TPSA) is 210 Å². The highest BCUT2D eigenvalue weighted by Gasteiger charge is 2.41. The van der Waals surface area contributed by atoms with E-state index in [1.54, 1.807) is 42.6 Å². The lowest BCUT2D eigenvalue weighted by atomic mass is 9.86. The maximum absolute atomic E-state index is 14.2. The molecule has 0 bridgehead atoms. The van der Waals surface area contributed by atoms with Crippen molar-refractivity contribution in [3.63, 3.8) is 0 Å². The van der Waals surface area contributed by atoms with Crippen molar-refractivity contribution in [1.82, 2.24) is 35.1 Å². The second kappa shape index (κ2) is 10.9. The van der Waals surface area contributed by atoms with Crippen LogP contribution in [0.2, 0.25) is 0 Å². The van der Waals surface area contributed by atoms with Crippen LogP contribution in [0.4, 0.5) is 11.8 Å². The van der Waals surface area contributed by atoms with Crippen LogP contribution in [0.1, 0.15) is 47.2 Å². The number of nitrogens with two attached hydrogens (primary N) is 1. The Kier molecular flexibility index (Phi) is 7.59. The van der Waals surface area contributed by atoms with Gasteiger partial charge in [0.15, 0.2) is 11.6 Å². The Morgan fingerprint density at radius 3 is 2.11 bits per heavy atom. The van der Waals surface area contributed by atoms with E-state index in [1.807, 2.05) is 41.5 Å². The lowest BCUT2D eigenvalue weighted by Crippen LogP contribution is -2.45. The van der Waals surface area contributed by atoms with Crippen LogP contribution >= 0.6 is 0 Å². The van der Waals surface area contributed by atoms with E-state index in [4.69, 9.17) is 10.8 Å². The summed E-state index contributed by atoms with van der Waals surface area (Å²) >= 11 is 0. The van der Waals surface area contributed by atoms with Gasteiger partial charge in [-0.2, -0.15) is 19.7 Å². The molecule has 0 spiro atoms. The summed E-state index contributed by atoms with van der Waals surface area (Å²) in [6.45, 7) is 11.4. The third-order valence-electron chi connectivity index (χ3n) is 6.67. The molecule has 44 heavy (non-hydrogen) atoms. The maximum Gasteiger partial charge on any atom is 0.321 e. The van der Waals surface area contributed by atoms with Gasteiger partial charge < -0.3 is 15.9 Å². The summed E-state index contributed by atoms with van der Waals surface area (Å²) in [6.07, 6.45) is 1.56. The number of azo groups is 1. The summed E-state index contributed by atoms with van der Waals surface area (Å²) < 4.78 is 29.9.